The molecule has 2 aromatic rings. The van der Waals surface area contributed by atoms with E-state index in [1.54, 1.807) is 18.3 Å². The van der Waals surface area contributed by atoms with Crippen LogP contribution >= 0.6 is 0 Å². The lowest BCUT2D eigenvalue weighted by atomic mass is 10.2. The molecule has 0 saturated heterocycles. The SMILES string of the molecule is C=CC#N.C=Cc1ccccc1.C=Cc1ccccn1. The summed E-state index contributed by atoms with van der Waals surface area (Å²) < 4.78 is 0. The Kier molecular flexibility index (Phi) is 10.7. The van der Waals surface area contributed by atoms with Crippen LogP contribution in [0.25, 0.3) is 12.2 Å². The maximum atomic E-state index is 7.51. The van der Waals surface area contributed by atoms with Gasteiger partial charge in [0.05, 0.1) is 11.8 Å². The van der Waals surface area contributed by atoms with Crippen molar-refractivity contribution < 1.29 is 0 Å². The van der Waals surface area contributed by atoms with E-state index in [4.69, 9.17) is 5.26 Å². The zero-order valence-corrected chi connectivity index (χ0v) is 11.4. The Labute approximate surface area is 121 Å². The molecule has 0 atom stereocenters. The van der Waals surface area contributed by atoms with Gasteiger partial charge in [0.1, 0.15) is 0 Å². The topological polar surface area (TPSA) is 36.7 Å². The first-order chi connectivity index (χ1) is 9.78. The maximum absolute atomic E-state index is 7.51. The summed E-state index contributed by atoms with van der Waals surface area (Å²) >= 11 is 0. The third kappa shape index (κ3) is 9.15. The molecule has 0 saturated carbocycles. The third-order valence-corrected chi connectivity index (χ3v) is 2.02. The predicted molar refractivity (Wildman–Crippen MR) is 86.7 cm³/mol. The van der Waals surface area contributed by atoms with Crippen molar-refractivity contribution in [3.63, 3.8) is 0 Å². The summed E-state index contributed by atoms with van der Waals surface area (Å²) in [5.41, 5.74) is 2.10. The molecule has 2 rings (SSSR count). The Morgan fingerprint density at radius 3 is 1.80 bits per heavy atom. The van der Waals surface area contributed by atoms with Crippen molar-refractivity contribution in [2.45, 2.75) is 0 Å². The molecule has 0 aliphatic heterocycles. The zero-order chi connectivity index (χ0) is 15.1. The second-order valence-corrected chi connectivity index (χ2v) is 3.41. The van der Waals surface area contributed by atoms with Crippen LogP contribution in [0.4, 0.5) is 0 Å². The highest BCUT2D eigenvalue weighted by atomic mass is 14.6. The first-order valence-corrected chi connectivity index (χ1v) is 6.00. The van der Waals surface area contributed by atoms with Crippen molar-refractivity contribution in [1.29, 1.82) is 5.26 Å². The molecule has 1 aromatic heterocycles. The van der Waals surface area contributed by atoms with Crippen molar-refractivity contribution >= 4 is 12.2 Å². The lowest BCUT2D eigenvalue weighted by molar-refractivity contribution is 1.30. The van der Waals surface area contributed by atoms with E-state index in [0.29, 0.717) is 0 Å². The van der Waals surface area contributed by atoms with Gasteiger partial charge in [0.2, 0.25) is 0 Å². The molecule has 0 spiro atoms. The van der Waals surface area contributed by atoms with Crippen molar-refractivity contribution in [2.75, 3.05) is 0 Å². The molecule has 1 heterocycles. The van der Waals surface area contributed by atoms with Crippen LogP contribution in [0.3, 0.4) is 0 Å². The van der Waals surface area contributed by atoms with Gasteiger partial charge in [-0.2, -0.15) is 5.26 Å². The first kappa shape index (κ1) is 17.1. The number of benzene rings is 1. The number of rotatable bonds is 2. The van der Waals surface area contributed by atoms with Crippen molar-refractivity contribution in [3.05, 3.63) is 91.8 Å². The number of allylic oxidation sites excluding steroid dienone is 1. The molecular formula is C18H18N2. The Morgan fingerprint density at radius 1 is 0.900 bits per heavy atom. The highest BCUT2D eigenvalue weighted by Gasteiger charge is 1.77. The fourth-order valence-corrected chi connectivity index (χ4v) is 1.09. The highest BCUT2D eigenvalue weighted by Crippen LogP contribution is 1.97. The second kappa shape index (κ2) is 12.5. The third-order valence-electron chi connectivity index (χ3n) is 2.02. The van der Waals surface area contributed by atoms with Gasteiger partial charge in [-0.1, -0.05) is 62.2 Å². The van der Waals surface area contributed by atoms with Crippen LogP contribution in [-0.4, -0.2) is 4.98 Å². The van der Waals surface area contributed by atoms with Gasteiger partial charge < -0.3 is 0 Å². The summed E-state index contributed by atoms with van der Waals surface area (Å²) in [7, 11) is 0. The Hall–Kier alpha value is -2.92. The fraction of sp³-hybridized carbons (Fsp3) is 0. The summed E-state index contributed by atoms with van der Waals surface area (Å²) in [6.45, 7) is 10.3. The van der Waals surface area contributed by atoms with Gasteiger partial charge in [-0.05, 0) is 23.8 Å². The molecular weight excluding hydrogens is 244 g/mol. The molecule has 0 fully saturated rings. The number of hydrogen-bond acceptors (Lipinski definition) is 2. The summed E-state index contributed by atoms with van der Waals surface area (Å²) in [4.78, 5) is 3.98. The largest absolute Gasteiger partial charge is 0.257 e. The first-order valence-electron chi connectivity index (χ1n) is 6.00. The summed E-state index contributed by atoms with van der Waals surface area (Å²) in [6, 6.07) is 17.4. The van der Waals surface area contributed by atoms with Crippen LogP contribution < -0.4 is 0 Å². The van der Waals surface area contributed by atoms with E-state index in [1.165, 1.54) is 11.6 Å². The van der Waals surface area contributed by atoms with E-state index in [1.807, 2.05) is 54.6 Å². The minimum atomic E-state index is 0.924. The number of pyridine rings is 1. The smallest absolute Gasteiger partial charge is 0.0905 e. The molecule has 100 valence electrons. The fourth-order valence-electron chi connectivity index (χ4n) is 1.09. The minimum Gasteiger partial charge on any atom is -0.257 e. The lowest BCUT2D eigenvalue weighted by Crippen LogP contribution is -1.73. The molecule has 2 nitrogen and oxygen atoms in total. The van der Waals surface area contributed by atoms with Crippen LogP contribution in [0.5, 0.6) is 0 Å². The molecule has 0 bridgehead atoms. The quantitative estimate of drug-likeness (QED) is 0.732. The van der Waals surface area contributed by atoms with Gasteiger partial charge >= 0.3 is 0 Å². The maximum Gasteiger partial charge on any atom is 0.0905 e. The van der Waals surface area contributed by atoms with Gasteiger partial charge in [-0.15, -0.1) is 0 Å². The molecule has 1 aromatic carbocycles. The van der Waals surface area contributed by atoms with Crippen LogP contribution in [0.1, 0.15) is 11.3 Å². The van der Waals surface area contributed by atoms with E-state index in [0.717, 1.165) is 5.69 Å². The number of nitrogens with zero attached hydrogens (tertiary/aromatic N) is 2. The van der Waals surface area contributed by atoms with Crippen LogP contribution in [-0.2, 0) is 0 Å². The number of hydrogen-bond donors (Lipinski definition) is 0. The normalized spacial score (nSPS) is 7.55. The van der Waals surface area contributed by atoms with Gasteiger partial charge in [0.25, 0.3) is 0 Å². The Balaban J connectivity index is 0.000000289. The standard InChI is InChI=1S/C8H8.C7H7N.C3H3N/c1-2-8-6-4-3-5-7-8;1-2-7-5-3-4-6-8-7;1-2-3-4/h2-7H,1H2;2-6H,1H2;2H,1H2. The summed E-state index contributed by atoms with van der Waals surface area (Å²) in [6.07, 6.45) is 6.48. The molecule has 0 unspecified atom stereocenters. The molecule has 0 aliphatic rings. The average molecular weight is 262 g/mol. The monoisotopic (exact) mass is 262 g/mol. The van der Waals surface area contributed by atoms with Crippen LogP contribution in [0.2, 0.25) is 0 Å². The molecule has 0 amide bonds. The van der Waals surface area contributed by atoms with Gasteiger partial charge in [0.15, 0.2) is 0 Å². The van der Waals surface area contributed by atoms with Gasteiger partial charge in [0, 0.05) is 12.3 Å². The molecule has 0 aliphatic carbocycles. The van der Waals surface area contributed by atoms with Crippen molar-refractivity contribution in [1.82, 2.24) is 4.98 Å². The van der Waals surface area contributed by atoms with Crippen LogP contribution in [0.15, 0.2) is 80.5 Å². The van der Waals surface area contributed by atoms with Crippen LogP contribution in [0, 0.1) is 11.3 Å². The highest BCUT2D eigenvalue weighted by molar-refractivity contribution is 5.45. The number of nitriles is 1. The van der Waals surface area contributed by atoms with E-state index in [-0.39, 0.29) is 0 Å². The molecule has 2 heteroatoms. The zero-order valence-electron chi connectivity index (χ0n) is 11.4. The van der Waals surface area contributed by atoms with E-state index < -0.39 is 0 Å². The summed E-state index contributed by atoms with van der Waals surface area (Å²) in [5.74, 6) is 0. The Bertz CT molecular complexity index is 493. The van der Waals surface area contributed by atoms with Gasteiger partial charge in [-0.25, -0.2) is 0 Å². The average Bonchev–Trinajstić information content (AvgIpc) is 2.57. The predicted octanol–water partition coefficient (Wildman–Crippen LogP) is 4.75. The van der Waals surface area contributed by atoms with Crippen molar-refractivity contribution in [3.8, 4) is 6.07 Å². The molecule has 0 N–H and O–H groups in total. The minimum absolute atomic E-state index is 0.924. The molecule has 20 heavy (non-hydrogen) atoms. The number of aromatic nitrogens is 1. The lowest BCUT2D eigenvalue weighted by Gasteiger charge is -1.85. The van der Waals surface area contributed by atoms with E-state index in [2.05, 4.69) is 24.7 Å². The summed E-state index contributed by atoms with van der Waals surface area (Å²) in [5, 5.41) is 7.51. The van der Waals surface area contributed by atoms with Crippen molar-refractivity contribution in [2.24, 2.45) is 0 Å². The second-order valence-electron chi connectivity index (χ2n) is 3.41. The molecule has 0 radical (unpaired) electrons. The Morgan fingerprint density at radius 2 is 1.50 bits per heavy atom. The van der Waals surface area contributed by atoms with E-state index in [9.17, 15) is 0 Å². The van der Waals surface area contributed by atoms with E-state index >= 15 is 0 Å². The van der Waals surface area contributed by atoms with Gasteiger partial charge in [-0.3, -0.25) is 4.98 Å².